The zero-order chi connectivity index (χ0) is 35.3. The summed E-state index contributed by atoms with van der Waals surface area (Å²) in [6.45, 7) is 5.47. The molecule has 0 radical (unpaired) electrons. The van der Waals surface area contributed by atoms with Gasteiger partial charge in [0.15, 0.2) is 29.6 Å². The lowest BCUT2D eigenvalue weighted by Gasteiger charge is -2.34. The van der Waals surface area contributed by atoms with Crippen LogP contribution in [0.5, 0.6) is 0 Å². The summed E-state index contributed by atoms with van der Waals surface area (Å²) in [7, 11) is 0. The van der Waals surface area contributed by atoms with Crippen molar-refractivity contribution in [2.24, 2.45) is 0 Å². The van der Waals surface area contributed by atoms with Gasteiger partial charge in [0.05, 0.1) is 13.1 Å². The Labute approximate surface area is 267 Å². The lowest BCUT2D eigenvalue weighted by molar-refractivity contribution is -0.163. The topological polar surface area (TPSA) is 156 Å². The van der Waals surface area contributed by atoms with Crippen LogP contribution in [0.25, 0.3) is 0 Å². The van der Waals surface area contributed by atoms with Gasteiger partial charge in [-0.2, -0.15) is 0 Å². The molecule has 0 aliphatic carbocycles. The molecule has 0 heterocycles. The molecule has 0 aromatic heterocycles. The van der Waals surface area contributed by atoms with Crippen molar-refractivity contribution in [1.29, 1.82) is 0 Å². The van der Waals surface area contributed by atoms with Gasteiger partial charge in [-0.25, -0.2) is 31.5 Å². The number of hydrogen-bond donors (Lipinski definition) is 4. The molecule has 2 aromatic rings. The lowest BCUT2D eigenvalue weighted by atomic mass is 10.0. The first-order chi connectivity index (χ1) is 22.2. The van der Waals surface area contributed by atoms with Crippen molar-refractivity contribution < 1.29 is 60.4 Å². The van der Waals surface area contributed by atoms with Gasteiger partial charge < -0.3 is 40.2 Å². The van der Waals surface area contributed by atoms with Gasteiger partial charge in [0, 0.05) is 31.2 Å². The maximum atomic E-state index is 14.8. The van der Waals surface area contributed by atoms with E-state index >= 15 is 0 Å². The number of carbonyl (C=O) groups is 4. The van der Waals surface area contributed by atoms with E-state index in [-0.39, 0.29) is 26.4 Å². The van der Waals surface area contributed by atoms with E-state index in [4.69, 9.17) is 19.3 Å². The Hall–Kier alpha value is -4.51. The Morgan fingerprint density at radius 1 is 0.830 bits per heavy atom. The Morgan fingerprint density at radius 3 is 1.89 bits per heavy atom. The minimum absolute atomic E-state index is 0.166. The molecule has 12 nitrogen and oxygen atoms in total. The molecular weight excluding hydrogens is 639 g/mol. The summed E-state index contributed by atoms with van der Waals surface area (Å²) < 4.78 is 87.5. The average Bonchev–Trinajstić information content (AvgIpc) is 3.04. The van der Waals surface area contributed by atoms with Gasteiger partial charge in [-0.15, -0.1) is 0 Å². The van der Waals surface area contributed by atoms with Crippen molar-refractivity contribution in [2.75, 3.05) is 26.3 Å². The van der Waals surface area contributed by atoms with Crippen molar-refractivity contribution >= 4 is 24.0 Å². The number of benzene rings is 2. The van der Waals surface area contributed by atoms with Gasteiger partial charge in [0.1, 0.15) is 18.7 Å². The zero-order valence-electron chi connectivity index (χ0n) is 26.1. The highest BCUT2D eigenvalue weighted by molar-refractivity contribution is 5.92. The predicted octanol–water partition coefficient (Wildman–Crippen LogP) is 3.61. The highest BCUT2D eigenvalue weighted by Gasteiger charge is 2.36. The number of hydrogen-bond acceptors (Lipinski definition) is 7. The fourth-order valence-electron chi connectivity index (χ4n) is 4.25. The number of ether oxygens (including phenoxy) is 3. The third-order valence-electron chi connectivity index (χ3n) is 6.56. The van der Waals surface area contributed by atoms with Crippen LogP contribution in [0.3, 0.4) is 0 Å². The quantitative estimate of drug-likeness (QED) is 0.0858. The molecule has 0 aliphatic heterocycles. The normalized spacial score (nSPS) is 12.4. The summed E-state index contributed by atoms with van der Waals surface area (Å²) >= 11 is 0. The number of amides is 4. The van der Waals surface area contributed by atoms with E-state index in [0.29, 0.717) is 5.56 Å². The van der Waals surface area contributed by atoms with E-state index in [9.17, 15) is 41.1 Å². The summed E-state index contributed by atoms with van der Waals surface area (Å²) in [5, 5.41) is 15.3. The minimum atomic E-state index is -2.42. The maximum Gasteiger partial charge on any atom is 0.408 e. The van der Waals surface area contributed by atoms with Gasteiger partial charge >= 0.3 is 12.2 Å². The van der Waals surface area contributed by atoms with Gasteiger partial charge in [0.25, 0.3) is 0 Å². The molecular formula is C30H37F5N4O8. The van der Waals surface area contributed by atoms with E-state index in [1.54, 1.807) is 58.0 Å². The highest BCUT2D eigenvalue weighted by Crippen LogP contribution is 2.25. The third kappa shape index (κ3) is 11.4. The van der Waals surface area contributed by atoms with Crippen LogP contribution in [0.4, 0.5) is 31.5 Å². The van der Waals surface area contributed by atoms with Crippen LogP contribution < -0.4 is 16.0 Å². The summed E-state index contributed by atoms with van der Waals surface area (Å²) in [5.41, 5.74) is -0.822. The number of carboxylic acid groups (broad SMARTS) is 1. The van der Waals surface area contributed by atoms with Gasteiger partial charge in [-0.1, -0.05) is 30.3 Å². The van der Waals surface area contributed by atoms with E-state index in [2.05, 4.69) is 10.6 Å². The van der Waals surface area contributed by atoms with Gasteiger partial charge in [-0.05, 0) is 33.3 Å². The minimum Gasteiger partial charge on any atom is -0.465 e. The van der Waals surface area contributed by atoms with Crippen molar-refractivity contribution in [3.8, 4) is 0 Å². The maximum absolute atomic E-state index is 14.8. The first kappa shape index (κ1) is 38.7. The van der Waals surface area contributed by atoms with E-state index < -0.39 is 96.0 Å². The molecule has 2 rings (SSSR count). The fourth-order valence-corrected chi connectivity index (χ4v) is 4.25. The monoisotopic (exact) mass is 676 g/mol. The number of nitrogens with zero attached hydrogens (tertiary/aromatic N) is 1. The van der Waals surface area contributed by atoms with Crippen molar-refractivity contribution in [1.82, 2.24) is 20.9 Å². The first-order valence-corrected chi connectivity index (χ1v) is 14.5. The SMILES string of the molecule is CCOC(CN(C(=O)C(Cc1c(F)c(F)c(F)c(F)c1F)NC(=O)C(CNC(=O)O)NC(=O)OCc1ccccc1)C(C)C)OCC. The Kier molecular flexibility index (Phi) is 15.3. The molecule has 0 aliphatic rings. The molecule has 0 bridgehead atoms. The largest absolute Gasteiger partial charge is 0.465 e. The zero-order valence-corrected chi connectivity index (χ0v) is 26.1. The van der Waals surface area contributed by atoms with E-state index in [1.165, 1.54) is 0 Å². The second kappa shape index (κ2) is 18.6. The van der Waals surface area contributed by atoms with Gasteiger partial charge in [-0.3, -0.25) is 9.59 Å². The molecule has 17 heteroatoms. The van der Waals surface area contributed by atoms with Crippen LogP contribution in [0.2, 0.25) is 0 Å². The second-order valence-corrected chi connectivity index (χ2v) is 10.2. The van der Waals surface area contributed by atoms with Crippen LogP contribution in [-0.4, -0.2) is 84.7 Å². The van der Waals surface area contributed by atoms with Crippen LogP contribution in [0.1, 0.15) is 38.8 Å². The number of carbonyl (C=O) groups excluding carboxylic acids is 3. The molecule has 260 valence electrons. The molecule has 4 N–H and O–H groups in total. The highest BCUT2D eigenvalue weighted by atomic mass is 19.2. The van der Waals surface area contributed by atoms with Crippen molar-refractivity contribution in [2.45, 2.75) is 65.1 Å². The lowest BCUT2D eigenvalue weighted by Crippen LogP contribution is -2.59. The summed E-state index contributed by atoms with van der Waals surface area (Å²) in [6.07, 6.45) is -5.00. The number of halogens is 5. The van der Waals surface area contributed by atoms with Crippen molar-refractivity contribution in [3.63, 3.8) is 0 Å². The summed E-state index contributed by atoms with van der Waals surface area (Å²) in [6, 6.07) is 3.91. The van der Waals surface area contributed by atoms with Crippen LogP contribution >= 0.6 is 0 Å². The standard InChI is InChI=1S/C30H37F5N4O8/c1-5-45-21(46-6-2)14-39(16(3)4)28(41)19(12-18-22(31)24(33)26(35)25(34)23(18)32)37-27(40)20(13-36-29(42)43)38-30(44)47-15-17-10-8-7-9-11-17/h7-11,16,19-21,36H,5-6,12-15H2,1-4H3,(H,37,40)(H,38,44)(H,42,43). The molecule has 2 unspecified atom stereocenters. The summed E-state index contributed by atoms with van der Waals surface area (Å²) in [4.78, 5) is 52.1. The molecule has 0 saturated heterocycles. The fraction of sp³-hybridized carbons (Fsp3) is 0.467. The molecule has 4 amide bonds. The molecule has 0 saturated carbocycles. The Bertz CT molecular complexity index is 1350. The van der Waals surface area contributed by atoms with Gasteiger partial charge in [0.2, 0.25) is 17.6 Å². The molecule has 2 aromatic carbocycles. The second-order valence-electron chi connectivity index (χ2n) is 10.2. The predicted molar refractivity (Wildman–Crippen MR) is 155 cm³/mol. The molecule has 0 spiro atoms. The van der Waals surface area contributed by atoms with Crippen LogP contribution in [0.15, 0.2) is 30.3 Å². The smallest absolute Gasteiger partial charge is 0.408 e. The molecule has 0 fully saturated rings. The number of alkyl carbamates (subject to hydrolysis) is 1. The summed E-state index contributed by atoms with van der Waals surface area (Å²) in [5.74, 6) is -13.7. The van der Waals surface area contributed by atoms with Crippen LogP contribution in [0, 0.1) is 29.1 Å². The average molecular weight is 677 g/mol. The Morgan fingerprint density at radius 2 is 1.38 bits per heavy atom. The Balaban J connectivity index is 2.47. The number of rotatable bonds is 17. The third-order valence-corrected chi connectivity index (χ3v) is 6.56. The number of nitrogens with one attached hydrogen (secondary N) is 3. The van der Waals surface area contributed by atoms with E-state index in [1.807, 2.05) is 5.32 Å². The molecule has 47 heavy (non-hydrogen) atoms. The first-order valence-electron chi connectivity index (χ1n) is 14.5. The van der Waals surface area contributed by atoms with Crippen molar-refractivity contribution in [3.05, 3.63) is 70.5 Å². The molecule has 2 atom stereocenters. The van der Waals surface area contributed by atoms with E-state index in [0.717, 1.165) is 4.90 Å². The van der Waals surface area contributed by atoms with Crippen LogP contribution in [-0.2, 0) is 36.8 Å².